The van der Waals surface area contributed by atoms with E-state index in [0.717, 1.165) is 27.2 Å². The van der Waals surface area contributed by atoms with Gasteiger partial charge in [0, 0.05) is 35.8 Å². The molecular formula is C19H15FN4OS. The number of benzene rings is 1. The quantitative estimate of drug-likeness (QED) is 0.585. The average Bonchev–Trinajstić information content (AvgIpc) is 3.24. The van der Waals surface area contributed by atoms with Crippen molar-refractivity contribution in [3.8, 4) is 10.6 Å². The summed E-state index contributed by atoms with van der Waals surface area (Å²) in [6.45, 7) is 1.84. The molecule has 0 fully saturated rings. The summed E-state index contributed by atoms with van der Waals surface area (Å²) in [5.41, 5.74) is 3.04. The number of hydrogen-bond acceptors (Lipinski definition) is 4. The molecule has 0 bridgehead atoms. The zero-order chi connectivity index (χ0) is 18.3. The molecule has 3 aromatic heterocycles. The molecule has 7 heteroatoms. The van der Waals surface area contributed by atoms with Crippen LogP contribution in [0, 0.1) is 12.7 Å². The van der Waals surface area contributed by atoms with Crippen LogP contribution in [0.25, 0.3) is 21.6 Å². The molecule has 0 aliphatic rings. The van der Waals surface area contributed by atoms with Crippen LogP contribution in [0.1, 0.15) is 16.1 Å². The van der Waals surface area contributed by atoms with E-state index < -0.39 is 11.7 Å². The van der Waals surface area contributed by atoms with E-state index in [9.17, 15) is 9.18 Å². The molecule has 0 saturated heterocycles. The molecule has 4 aromatic rings. The summed E-state index contributed by atoms with van der Waals surface area (Å²) in [5, 5.41) is 5.96. The second-order valence-electron chi connectivity index (χ2n) is 6.00. The second-order valence-corrected chi connectivity index (χ2v) is 6.86. The van der Waals surface area contributed by atoms with E-state index >= 15 is 0 Å². The third-order valence-electron chi connectivity index (χ3n) is 4.07. The molecule has 1 aromatic carbocycles. The van der Waals surface area contributed by atoms with Crippen LogP contribution in [0.4, 0.5) is 10.1 Å². The van der Waals surface area contributed by atoms with Gasteiger partial charge in [0.15, 0.2) is 0 Å². The Morgan fingerprint density at radius 1 is 1.31 bits per heavy atom. The first-order valence-corrected chi connectivity index (χ1v) is 8.84. The van der Waals surface area contributed by atoms with Crippen molar-refractivity contribution >= 4 is 34.0 Å². The van der Waals surface area contributed by atoms with Crippen molar-refractivity contribution in [2.24, 2.45) is 7.05 Å². The Bertz CT molecular complexity index is 1130. The molecule has 0 atom stereocenters. The van der Waals surface area contributed by atoms with Gasteiger partial charge in [0.2, 0.25) is 0 Å². The molecule has 0 spiro atoms. The predicted molar refractivity (Wildman–Crippen MR) is 101 cm³/mol. The second kappa shape index (κ2) is 6.34. The maximum Gasteiger partial charge on any atom is 0.275 e. The fourth-order valence-electron chi connectivity index (χ4n) is 2.81. The first-order chi connectivity index (χ1) is 12.5. The van der Waals surface area contributed by atoms with Gasteiger partial charge in [-0.3, -0.25) is 4.79 Å². The molecule has 4 rings (SSSR count). The number of nitrogens with one attached hydrogen (secondary N) is 1. The van der Waals surface area contributed by atoms with Gasteiger partial charge >= 0.3 is 0 Å². The molecule has 0 aliphatic heterocycles. The molecule has 5 nitrogen and oxygen atoms in total. The largest absolute Gasteiger partial charge is 0.335 e. The van der Waals surface area contributed by atoms with E-state index in [1.54, 1.807) is 23.7 Å². The lowest BCUT2D eigenvalue weighted by Gasteiger charge is -2.05. The van der Waals surface area contributed by atoms with Crippen LogP contribution >= 0.6 is 11.3 Å². The molecule has 1 amide bonds. The maximum absolute atomic E-state index is 13.9. The van der Waals surface area contributed by atoms with Gasteiger partial charge in [-0.15, -0.1) is 11.3 Å². The Labute approximate surface area is 153 Å². The van der Waals surface area contributed by atoms with Crippen molar-refractivity contribution in [2.75, 3.05) is 5.32 Å². The molecule has 0 unspecified atom stereocenters. The van der Waals surface area contributed by atoms with E-state index in [2.05, 4.69) is 15.3 Å². The van der Waals surface area contributed by atoms with Gasteiger partial charge in [0.1, 0.15) is 22.2 Å². The first-order valence-electron chi connectivity index (χ1n) is 7.96. The molecule has 130 valence electrons. The smallest absolute Gasteiger partial charge is 0.275 e. The standard InChI is InChI=1S/C19H15FN4OS/c1-11-5-6-14(20)15(8-11)22-18(25)16-10-26-19(23-16)13-9-24(2)17-12(13)4-3-7-21-17/h3-10H,1-2H3,(H,22,25). The summed E-state index contributed by atoms with van der Waals surface area (Å²) in [6, 6.07) is 8.42. The van der Waals surface area contributed by atoms with Crippen LogP contribution in [-0.4, -0.2) is 20.4 Å². The summed E-state index contributed by atoms with van der Waals surface area (Å²) in [5.74, 6) is -0.908. The van der Waals surface area contributed by atoms with Gasteiger partial charge in [-0.05, 0) is 36.8 Å². The monoisotopic (exact) mass is 366 g/mol. The number of nitrogens with zero attached hydrogens (tertiary/aromatic N) is 3. The highest BCUT2D eigenvalue weighted by atomic mass is 32.1. The van der Waals surface area contributed by atoms with Gasteiger partial charge in [-0.2, -0.15) is 0 Å². The highest BCUT2D eigenvalue weighted by Crippen LogP contribution is 2.31. The Kier molecular flexibility index (Phi) is 4.00. The number of aryl methyl sites for hydroxylation is 2. The molecule has 1 N–H and O–H groups in total. The van der Waals surface area contributed by atoms with Crippen LogP contribution in [-0.2, 0) is 7.05 Å². The predicted octanol–water partition coefficient (Wildman–Crippen LogP) is 4.40. The van der Waals surface area contributed by atoms with Crippen molar-refractivity contribution in [3.05, 3.63) is 65.2 Å². The van der Waals surface area contributed by atoms with Crippen molar-refractivity contribution in [1.82, 2.24) is 14.5 Å². The van der Waals surface area contributed by atoms with Crippen LogP contribution in [0.3, 0.4) is 0 Å². The zero-order valence-electron chi connectivity index (χ0n) is 14.2. The number of halogens is 1. The number of thiazole rings is 1. The van der Waals surface area contributed by atoms with E-state index in [4.69, 9.17) is 0 Å². The van der Waals surface area contributed by atoms with E-state index in [-0.39, 0.29) is 11.4 Å². The number of aromatic nitrogens is 3. The highest BCUT2D eigenvalue weighted by Gasteiger charge is 2.17. The number of rotatable bonds is 3. The van der Waals surface area contributed by atoms with Gasteiger partial charge in [0.25, 0.3) is 5.91 Å². The number of fused-ring (bicyclic) bond motifs is 1. The summed E-state index contributed by atoms with van der Waals surface area (Å²) in [4.78, 5) is 21.2. The zero-order valence-corrected chi connectivity index (χ0v) is 15.0. The third-order valence-corrected chi connectivity index (χ3v) is 4.95. The lowest BCUT2D eigenvalue weighted by molar-refractivity contribution is 0.102. The van der Waals surface area contributed by atoms with Gasteiger partial charge < -0.3 is 9.88 Å². The SMILES string of the molecule is Cc1ccc(F)c(NC(=O)c2csc(-c3cn(C)c4ncccc34)n2)c1. The number of carbonyl (C=O) groups is 1. The van der Waals surface area contributed by atoms with E-state index in [1.807, 2.05) is 36.9 Å². The summed E-state index contributed by atoms with van der Waals surface area (Å²) < 4.78 is 15.8. The van der Waals surface area contributed by atoms with E-state index in [0.29, 0.717) is 0 Å². The Balaban J connectivity index is 1.65. The number of anilines is 1. The van der Waals surface area contributed by atoms with Crippen molar-refractivity contribution in [2.45, 2.75) is 6.92 Å². The lowest BCUT2D eigenvalue weighted by atomic mass is 10.2. The van der Waals surface area contributed by atoms with Crippen molar-refractivity contribution in [3.63, 3.8) is 0 Å². The number of amides is 1. The van der Waals surface area contributed by atoms with Crippen LogP contribution in [0.15, 0.2) is 48.1 Å². The average molecular weight is 366 g/mol. The number of carbonyl (C=O) groups excluding carboxylic acids is 1. The first kappa shape index (κ1) is 16.4. The normalized spacial score (nSPS) is 11.0. The summed E-state index contributed by atoms with van der Waals surface area (Å²) in [6.07, 6.45) is 3.68. The fraction of sp³-hybridized carbons (Fsp3) is 0.105. The summed E-state index contributed by atoms with van der Waals surface area (Å²) >= 11 is 1.37. The molecular weight excluding hydrogens is 351 g/mol. The lowest BCUT2D eigenvalue weighted by Crippen LogP contribution is -2.13. The minimum Gasteiger partial charge on any atom is -0.335 e. The summed E-state index contributed by atoms with van der Waals surface area (Å²) in [7, 11) is 1.92. The van der Waals surface area contributed by atoms with Crippen molar-refractivity contribution < 1.29 is 9.18 Å². The molecule has 0 radical (unpaired) electrons. The fourth-order valence-corrected chi connectivity index (χ4v) is 3.63. The molecule has 3 heterocycles. The van der Waals surface area contributed by atoms with E-state index in [1.165, 1.54) is 17.4 Å². The Morgan fingerprint density at radius 3 is 3.00 bits per heavy atom. The minimum atomic E-state index is -0.473. The van der Waals surface area contributed by atoms with Gasteiger partial charge in [-0.1, -0.05) is 6.07 Å². The van der Waals surface area contributed by atoms with Crippen LogP contribution < -0.4 is 5.32 Å². The Hall–Kier alpha value is -3.06. The molecule has 0 saturated carbocycles. The topological polar surface area (TPSA) is 59.8 Å². The van der Waals surface area contributed by atoms with Crippen LogP contribution in [0.2, 0.25) is 0 Å². The third kappa shape index (κ3) is 2.86. The number of pyridine rings is 1. The van der Waals surface area contributed by atoms with Crippen molar-refractivity contribution in [1.29, 1.82) is 0 Å². The van der Waals surface area contributed by atoms with Crippen LogP contribution in [0.5, 0.6) is 0 Å². The highest BCUT2D eigenvalue weighted by molar-refractivity contribution is 7.13. The number of hydrogen-bond donors (Lipinski definition) is 1. The molecule has 0 aliphatic carbocycles. The molecule has 26 heavy (non-hydrogen) atoms. The van der Waals surface area contributed by atoms with Gasteiger partial charge in [-0.25, -0.2) is 14.4 Å². The van der Waals surface area contributed by atoms with Gasteiger partial charge in [0.05, 0.1) is 5.69 Å². The Morgan fingerprint density at radius 2 is 2.15 bits per heavy atom. The maximum atomic E-state index is 13.9. The minimum absolute atomic E-state index is 0.152.